The summed E-state index contributed by atoms with van der Waals surface area (Å²) >= 11 is 0. The number of hydrogen-bond donors (Lipinski definition) is 3. The van der Waals surface area contributed by atoms with E-state index in [1.54, 1.807) is 0 Å². The van der Waals surface area contributed by atoms with Crippen molar-refractivity contribution in [2.24, 2.45) is 0 Å². The first-order valence-corrected chi connectivity index (χ1v) is 7.41. The molecule has 0 bridgehead atoms. The first-order chi connectivity index (χ1) is 12.0. The van der Waals surface area contributed by atoms with Gasteiger partial charge in [0, 0.05) is 17.7 Å². The van der Waals surface area contributed by atoms with Gasteiger partial charge in [-0.1, -0.05) is 0 Å². The van der Waals surface area contributed by atoms with Gasteiger partial charge in [0.1, 0.15) is 23.0 Å². The molecule has 0 saturated heterocycles. The Labute approximate surface area is 144 Å². The van der Waals surface area contributed by atoms with Crippen molar-refractivity contribution in [3.05, 3.63) is 41.2 Å². The van der Waals surface area contributed by atoms with E-state index in [9.17, 15) is 15.3 Å². The molecule has 0 aliphatic carbocycles. The highest BCUT2D eigenvalue weighted by molar-refractivity contribution is 5.70. The molecule has 132 valence electrons. The molecule has 0 radical (unpaired) electrons. The lowest BCUT2D eigenvalue weighted by molar-refractivity contribution is 0.172. The van der Waals surface area contributed by atoms with Gasteiger partial charge in [-0.05, 0) is 18.2 Å². The van der Waals surface area contributed by atoms with Crippen LogP contribution in [0.1, 0.15) is 17.2 Å². The number of aromatic hydroxyl groups is 2. The minimum atomic E-state index is -0.859. The van der Waals surface area contributed by atoms with Gasteiger partial charge in [0.15, 0.2) is 17.6 Å². The van der Waals surface area contributed by atoms with Crippen LogP contribution in [0.5, 0.6) is 34.5 Å². The zero-order valence-electron chi connectivity index (χ0n) is 13.9. The van der Waals surface area contributed by atoms with Crippen molar-refractivity contribution in [1.82, 2.24) is 0 Å². The van der Waals surface area contributed by atoms with Gasteiger partial charge in [0.25, 0.3) is 0 Å². The number of rotatable bonds is 4. The van der Waals surface area contributed by atoms with Crippen LogP contribution in [0.2, 0.25) is 0 Å². The van der Waals surface area contributed by atoms with Crippen molar-refractivity contribution in [2.45, 2.75) is 6.10 Å². The van der Waals surface area contributed by atoms with Gasteiger partial charge in [-0.3, -0.25) is 0 Å². The Morgan fingerprint density at radius 1 is 0.840 bits per heavy atom. The molecular formula is C18H18O7. The lowest BCUT2D eigenvalue weighted by atomic mass is 10.0. The van der Waals surface area contributed by atoms with Crippen LogP contribution in [0.25, 0.3) is 6.08 Å². The minimum Gasteiger partial charge on any atom is -0.508 e. The maximum Gasteiger partial charge on any atom is 0.200 e. The van der Waals surface area contributed by atoms with Crippen LogP contribution in [0.15, 0.2) is 30.0 Å². The summed E-state index contributed by atoms with van der Waals surface area (Å²) in [6.45, 7) is 0. The van der Waals surface area contributed by atoms with E-state index < -0.39 is 6.10 Å². The maximum absolute atomic E-state index is 10.4. The quantitative estimate of drug-likeness (QED) is 0.782. The second-order valence-electron chi connectivity index (χ2n) is 5.40. The number of aliphatic hydroxyl groups is 1. The number of hydrogen-bond acceptors (Lipinski definition) is 7. The van der Waals surface area contributed by atoms with Gasteiger partial charge in [-0.15, -0.1) is 0 Å². The van der Waals surface area contributed by atoms with E-state index in [0.717, 1.165) is 0 Å². The van der Waals surface area contributed by atoms with E-state index in [2.05, 4.69) is 0 Å². The van der Waals surface area contributed by atoms with Crippen molar-refractivity contribution < 1.29 is 34.3 Å². The average molecular weight is 346 g/mol. The smallest absolute Gasteiger partial charge is 0.200 e. The van der Waals surface area contributed by atoms with E-state index in [1.165, 1.54) is 51.7 Å². The minimum absolute atomic E-state index is 0.0231. The molecule has 0 saturated carbocycles. The molecule has 0 fully saturated rings. The predicted octanol–water partition coefficient (Wildman–Crippen LogP) is 3.16. The Kier molecular flexibility index (Phi) is 4.22. The molecule has 1 heterocycles. The van der Waals surface area contributed by atoms with Crippen LogP contribution in [0.4, 0.5) is 0 Å². The van der Waals surface area contributed by atoms with Crippen molar-refractivity contribution in [1.29, 1.82) is 0 Å². The molecule has 3 rings (SSSR count). The maximum atomic E-state index is 10.4. The van der Waals surface area contributed by atoms with E-state index in [-0.39, 0.29) is 28.8 Å². The van der Waals surface area contributed by atoms with Crippen LogP contribution >= 0.6 is 0 Å². The van der Waals surface area contributed by atoms with E-state index in [0.29, 0.717) is 22.6 Å². The van der Waals surface area contributed by atoms with E-state index in [1.807, 2.05) is 0 Å². The van der Waals surface area contributed by atoms with Crippen molar-refractivity contribution in [3.63, 3.8) is 0 Å². The fraction of sp³-hybridized carbons (Fsp3) is 0.222. The average Bonchev–Trinajstić information content (AvgIpc) is 2.61. The zero-order valence-corrected chi connectivity index (χ0v) is 13.9. The third kappa shape index (κ3) is 2.84. The lowest BCUT2D eigenvalue weighted by Crippen LogP contribution is -2.15. The monoisotopic (exact) mass is 346 g/mol. The van der Waals surface area contributed by atoms with E-state index >= 15 is 0 Å². The molecule has 0 spiro atoms. The van der Waals surface area contributed by atoms with Gasteiger partial charge >= 0.3 is 0 Å². The third-order valence-corrected chi connectivity index (χ3v) is 3.92. The van der Waals surface area contributed by atoms with Crippen LogP contribution in [-0.2, 0) is 0 Å². The Balaban J connectivity index is 2.09. The number of fused-ring (bicyclic) bond motifs is 1. The number of ether oxygens (including phenoxy) is 4. The SMILES string of the molecule is COc1cc(C2Oc3cc(O)cc(OC)c3C=C2O)cc(OC)c1O. The molecule has 3 N–H and O–H groups in total. The summed E-state index contributed by atoms with van der Waals surface area (Å²) in [5.74, 6) is 0.866. The Bertz CT molecular complexity index is 817. The van der Waals surface area contributed by atoms with Gasteiger partial charge in [0.05, 0.1) is 26.9 Å². The predicted molar refractivity (Wildman–Crippen MR) is 89.8 cm³/mol. The summed E-state index contributed by atoms with van der Waals surface area (Å²) in [7, 11) is 4.28. The van der Waals surface area contributed by atoms with Crippen molar-refractivity contribution in [3.8, 4) is 34.5 Å². The topological polar surface area (TPSA) is 97.6 Å². The lowest BCUT2D eigenvalue weighted by Gasteiger charge is -2.26. The van der Waals surface area contributed by atoms with Crippen LogP contribution in [0.3, 0.4) is 0 Å². The first-order valence-electron chi connectivity index (χ1n) is 7.41. The largest absolute Gasteiger partial charge is 0.508 e. The fourth-order valence-corrected chi connectivity index (χ4v) is 2.71. The van der Waals surface area contributed by atoms with Gasteiger partial charge in [-0.2, -0.15) is 0 Å². The highest BCUT2D eigenvalue weighted by Gasteiger charge is 2.28. The fourth-order valence-electron chi connectivity index (χ4n) is 2.71. The molecule has 7 heteroatoms. The molecule has 0 amide bonds. The standard InChI is InChI=1S/C18H18O7/c1-22-13-6-10(19)7-14-11(13)8-12(20)18(25-14)9-4-15(23-2)17(21)16(5-9)24-3/h4-8,18-21H,1-3H3. The first kappa shape index (κ1) is 16.6. The molecule has 2 aromatic carbocycles. The molecule has 7 nitrogen and oxygen atoms in total. The summed E-state index contributed by atoms with van der Waals surface area (Å²) < 4.78 is 21.3. The number of phenols is 2. The second kappa shape index (κ2) is 6.35. The Morgan fingerprint density at radius 3 is 2.00 bits per heavy atom. The van der Waals surface area contributed by atoms with Crippen molar-refractivity contribution in [2.75, 3.05) is 21.3 Å². The third-order valence-electron chi connectivity index (χ3n) is 3.92. The van der Waals surface area contributed by atoms with Gasteiger partial charge in [0.2, 0.25) is 5.75 Å². The molecule has 25 heavy (non-hydrogen) atoms. The highest BCUT2D eigenvalue weighted by Crippen LogP contribution is 2.45. The Morgan fingerprint density at radius 2 is 1.44 bits per heavy atom. The summed E-state index contributed by atoms with van der Waals surface area (Å²) in [5, 5.41) is 30.3. The Hall–Kier alpha value is -3.22. The van der Waals surface area contributed by atoms with Gasteiger partial charge < -0.3 is 34.3 Å². The number of methoxy groups -OCH3 is 3. The molecular weight excluding hydrogens is 328 g/mol. The number of benzene rings is 2. The summed E-state index contributed by atoms with van der Waals surface area (Å²) in [5.41, 5.74) is 1.03. The second-order valence-corrected chi connectivity index (χ2v) is 5.40. The van der Waals surface area contributed by atoms with Crippen LogP contribution in [-0.4, -0.2) is 36.6 Å². The normalized spacial score (nSPS) is 15.6. The molecule has 2 aromatic rings. The van der Waals surface area contributed by atoms with E-state index in [4.69, 9.17) is 18.9 Å². The number of phenolic OH excluding ortho intramolecular Hbond substituents is 2. The molecule has 1 atom stereocenters. The number of aliphatic hydroxyl groups excluding tert-OH is 1. The molecule has 1 aliphatic rings. The molecule has 1 unspecified atom stereocenters. The summed E-state index contributed by atoms with van der Waals surface area (Å²) in [6.07, 6.45) is 0.649. The van der Waals surface area contributed by atoms with Crippen LogP contribution in [0, 0.1) is 0 Å². The summed E-state index contributed by atoms with van der Waals surface area (Å²) in [6, 6.07) is 5.94. The highest BCUT2D eigenvalue weighted by atomic mass is 16.5. The zero-order chi connectivity index (χ0) is 18.1. The molecule has 1 aliphatic heterocycles. The summed E-state index contributed by atoms with van der Waals surface area (Å²) in [4.78, 5) is 0. The van der Waals surface area contributed by atoms with Crippen LogP contribution < -0.4 is 18.9 Å². The molecule has 0 aromatic heterocycles. The van der Waals surface area contributed by atoms with Crippen molar-refractivity contribution >= 4 is 6.08 Å². The van der Waals surface area contributed by atoms with Gasteiger partial charge in [-0.25, -0.2) is 0 Å².